The Bertz CT molecular complexity index is 768. The van der Waals surface area contributed by atoms with Crippen LogP contribution in [-0.2, 0) is 18.8 Å². The molecule has 100 valence electrons. The second kappa shape index (κ2) is 5.66. The first kappa shape index (κ1) is 13.2. The van der Waals surface area contributed by atoms with Gasteiger partial charge in [-0.2, -0.15) is 16.6 Å². The van der Waals surface area contributed by atoms with Gasteiger partial charge in [-0.25, -0.2) is 4.98 Å². The van der Waals surface area contributed by atoms with E-state index in [-0.39, 0.29) is 0 Å². The van der Waals surface area contributed by atoms with Crippen molar-refractivity contribution in [2.45, 2.75) is 18.8 Å². The molecule has 0 fully saturated rings. The summed E-state index contributed by atoms with van der Waals surface area (Å²) in [6, 6.07) is 9.85. The van der Waals surface area contributed by atoms with Crippen molar-refractivity contribution in [1.29, 1.82) is 5.26 Å². The first-order valence-corrected chi connectivity index (χ1v) is 7.76. The Labute approximate surface area is 126 Å². The standard InChI is InChI=1S/C15H12ClN3S/c16-8-15-18-13-2-1-12(9-17)7-14(13)19(15)5-3-11-4-6-20-10-11/h1-2,4,6-7,10H,3,5,8H2. The molecule has 2 aromatic heterocycles. The highest BCUT2D eigenvalue weighted by Gasteiger charge is 2.10. The summed E-state index contributed by atoms with van der Waals surface area (Å²) < 4.78 is 2.11. The molecule has 2 heterocycles. The van der Waals surface area contributed by atoms with Crippen molar-refractivity contribution < 1.29 is 0 Å². The molecule has 0 saturated heterocycles. The molecule has 0 aliphatic carbocycles. The van der Waals surface area contributed by atoms with Crippen molar-refractivity contribution in [3.05, 3.63) is 52.0 Å². The Morgan fingerprint density at radius 2 is 2.25 bits per heavy atom. The van der Waals surface area contributed by atoms with E-state index in [4.69, 9.17) is 16.9 Å². The van der Waals surface area contributed by atoms with Crippen LogP contribution in [0.1, 0.15) is 17.0 Å². The number of aryl methyl sites for hydroxylation is 2. The molecular weight excluding hydrogens is 290 g/mol. The Balaban J connectivity index is 2.00. The highest BCUT2D eigenvalue weighted by Crippen LogP contribution is 2.20. The van der Waals surface area contributed by atoms with E-state index in [2.05, 4.69) is 32.4 Å². The number of hydrogen-bond acceptors (Lipinski definition) is 3. The lowest BCUT2D eigenvalue weighted by molar-refractivity contribution is 0.689. The topological polar surface area (TPSA) is 41.6 Å². The van der Waals surface area contributed by atoms with Crippen LogP contribution < -0.4 is 0 Å². The van der Waals surface area contributed by atoms with Gasteiger partial charge in [0.05, 0.1) is 28.5 Å². The van der Waals surface area contributed by atoms with Gasteiger partial charge < -0.3 is 4.57 Å². The summed E-state index contributed by atoms with van der Waals surface area (Å²) in [5.74, 6) is 1.23. The second-order valence-corrected chi connectivity index (χ2v) is 5.56. The van der Waals surface area contributed by atoms with Crippen LogP contribution >= 0.6 is 22.9 Å². The molecule has 0 amide bonds. The fourth-order valence-electron chi connectivity index (χ4n) is 2.27. The van der Waals surface area contributed by atoms with Crippen molar-refractivity contribution in [3.63, 3.8) is 0 Å². The number of nitriles is 1. The quantitative estimate of drug-likeness (QED) is 0.685. The molecular formula is C15H12ClN3S. The van der Waals surface area contributed by atoms with Crippen LogP contribution in [0.5, 0.6) is 0 Å². The smallest absolute Gasteiger partial charge is 0.124 e. The van der Waals surface area contributed by atoms with Crippen LogP contribution in [0.25, 0.3) is 11.0 Å². The minimum Gasteiger partial charge on any atom is -0.327 e. The van der Waals surface area contributed by atoms with Gasteiger partial charge >= 0.3 is 0 Å². The maximum Gasteiger partial charge on any atom is 0.124 e. The number of hydrogen-bond donors (Lipinski definition) is 0. The largest absolute Gasteiger partial charge is 0.327 e. The molecule has 0 aliphatic heterocycles. The molecule has 0 spiro atoms. The number of aromatic nitrogens is 2. The number of nitrogens with zero attached hydrogens (tertiary/aromatic N) is 3. The average molecular weight is 302 g/mol. The summed E-state index contributed by atoms with van der Waals surface area (Å²) in [5, 5.41) is 13.3. The molecule has 0 saturated carbocycles. The van der Waals surface area contributed by atoms with Crippen LogP contribution in [0.4, 0.5) is 0 Å². The summed E-state index contributed by atoms with van der Waals surface area (Å²) in [5.41, 5.74) is 3.84. The molecule has 5 heteroatoms. The predicted molar refractivity (Wildman–Crippen MR) is 82.0 cm³/mol. The van der Waals surface area contributed by atoms with Crippen LogP contribution in [0, 0.1) is 11.3 Å². The SMILES string of the molecule is N#Cc1ccc2nc(CCl)n(CCc3ccsc3)c2c1. The lowest BCUT2D eigenvalue weighted by Crippen LogP contribution is -2.04. The Hall–Kier alpha value is -1.83. The highest BCUT2D eigenvalue weighted by molar-refractivity contribution is 7.07. The summed E-state index contributed by atoms with van der Waals surface area (Å²) in [6.45, 7) is 0.824. The maximum atomic E-state index is 9.03. The zero-order valence-electron chi connectivity index (χ0n) is 10.7. The summed E-state index contributed by atoms with van der Waals surface area (Å²) >= 11 is 7.69. The number of rotatable bonds is 4. The third kappa shape index (κ3) is 2.43. The Morgan fingerprint density at radius 3 is 2.95 bits per heavy atom. The van der Waals surface area contributed by atoms with Gasteiger partial charge in [-0.05, 0) is 47.0 Å². The molecule has 0 unspecified atom stereocenters. The molecule has 0 aliphatic rings. The Morgan fingerprint density at radius 1 is 1.35 bits per heavy atom. The average Bonchev–Trinajstić information content (AvgIpc) is 3.11. The third-order valence-electron chi connectivity index (χ3n) is 3.28. The molecule has 1 aromatic carbocycles. The number of benzene rings is 1. The van der Waals surface area contributed by atoms with E-state index in [0.717, 1.165) is 29.8 Å². The number of fused-ring (bicyclic) bond motifs is 1. The van der Waals surface area contributed by atoms with Gasteiger partial charge in [0.25, 0.3) is 0 Å². The number of thiophene rings is 1. The van der Waals surface area contributed by atoms with Crippen molar-refractivity contribution in [1.82, 2.24) is 9.55 Å². The van der Waals surface area contributed by atoms with E-state index >= 15 is 0 Å². The summed E-state index contributed by atoms with van der Waals surface area (Å²) in [6.07, 6.45) is 0.940. The Kier molecular flexibility index (Phi) is 3.72. The van der Waals surface area contributed by atoms with E-state index in [1.54, 1.807) is 17.4 Å². The van der Waals surface area contributed by atoms with E-state index in [9.17, 15) is 0 Å². The van der Waals surface area contributed by atoms with Gasteiger partial charge in [-0.1, -0.05) is 0 Å². The van der Waals surface area contributed by atoms with Gasteiger partial charge in [-0.15, -0.1) is 11.6 Å². The van der Waals surface area contributed by atoms with Crippen molar-refractivity contribution in [2.75, 3.05) is 0 Å². The molecule has 0 bridgehead atoms. The third-order valence-corrected chi connectivity index (χ3v) is 4.25. The minimum atomic E-state index is 0.375. The van der Waals surface area contributed by atoms with Gasteiger partial charge in [-0.3, -0.25) is 0 Å². The van der Waals surface area contributed by atoms with E-state index in [1.807, 2.05) is 12.1 Å². The van der Waals surface area contributed by atoms with E-state index in [1.165, 1.54) is 5.56 Å². The normalized spacial score (nSPS) is 10.8. The molecule has 3 rings (SSSR count). The summed E-state index contributed by atoms with van der Waals surface area (Å²) in [7, 11) is 0. The molecule has 0 N–H and O–H groups in total. The molecule has 20 heavy (non-hydrogen) atoms. The van der Waals surface area contributed by atoms with Crippen LogP contribution in [-0.4, -0.2) is 9.55 Å². The van der Waals surface area contributed by atoms with Crippen molar-refractivity contribution in [3.8, 4) is 6.07 Å². The van der Waals surface area contributed by atoms with Crippen molar-refractivity contribution in [2.24, 2.45) is 0 Å². The van der Waals surface area contributed by atoms with Crippen LogP contribution in [0.3, 0.4) is 0 Å². The highest BCUT2D eigenvalue weighted by atomic mass is 35.5. The molecule has 0 radical (unpaired) electrons. The van der Waals surface area contributed by atoms with Gasteiger partial charge in [0.2, 0.25) is 0 Å². The zero-order valence-corrected chi connectivity index (χ0v) is 12.3. The monoisotopic (exact) mass is 301 g/mol. The minimum absolute atomic E-state index is 0.375. The summed E-state index contributed by atoms with van der Waals surface area (Å²) in [4.78, 5) is 4.53. The molecule has 3 nitrogen and oxygen atoms in total. The molecule has 0 atom stereocenters. The fraction of sp³-hybridized carbons (Fsp3) is 0.200. The lowest BCUT2D eigenvalue weighted by atomic mass is 10.2. The first-order chi connectivity index (χ1) is 9.81. The van der Waals surface area contributed by atoms with Crippen LogP contribution in [0.15, 0.2) is 35.0 Å². The number of alkyl halides is 1. The lowest BCUT2D eigenvalue weighted by Gasteiger charge is -2.07. The number of imidazole rings is 1. The van der Waals surface area contributed by atoms with Gasteiger partial charge in [0.1, 0.15) is 5.82 Å². The maximum absolute atomic E-state index is 9.03. The van der Waals surface area contributed by atoms with E-state index < -0.39 is 0 Å². The van der Waals surface area contributed by atoms with Gasteiger partial charge in [0.15, 0.2) is 0 Å². The molecule has 3 aromatic rings. The predicted octanol–water partition coefficient (Wildman–Crippen LogP) is 3.95. The second-order valence-electron chi connectivity index (χ2n) is 4.51. The van der Waals surface area contributed by atoms with Crippen LogP contribution in [0.2, 0.25) is 0 Å². The zero-order chi connectivity index (χ0) is 13.9. The number of halogens is 1. The van der Waals surface area contributed by atoms with Gasteiger partial charge in [0, 0.05) is 6.54 Å². The van der Waals surface area contributed by atoms with Crippen molar-refractivity contribution >= 4 is 34.0 Å². The first-order valence-electron chi connectivity index (χ1n) is 6.28. The van der Waals surface area contributed by atoms with E-state index in [0.29, 0.717) is 11.4 Å². The fourth-order valence-corrected chi connectivity index (χ4v) is 3.18.